The molecule has 0 aliphatic carbocycles. The standard InChI is InChI=1S/C10H20N4/c1-7(11)6-8-12-9(10(2,3)4)13-14(8)5/h7H,6,11H2,1-5H3. The Kier molecular flexibility index (Phi) is 2.95. The average Bonchev–Trinajstić information content (AvgIpc) is 2.30. The second-order valence-electron chi connectivity index (χ2n) is 4.91. The van der Waals surface area contributed by atoms with Crippen LogP contribution in [0.2, 0.25) is 0 Å². The third-order valence-corrected chi connectivity index (χ3v) is 2.03. The molecule has 1 unspecified atom stereocenters. The average molecular weight is 196 g/mol. The van der Waals surface area contributed by atoms with Crippen LogP contribution in [0.15, 0.2) is 0 Å². The minimum atomic E-state index is 0.00778. The SMILES string of the molecule is CC(N)Cc1nc(C(C)(C)C)nn1C. The molecule has 14 heavy (non-hydrogen) atoms. The molecule has 0 amide bonds. The fourth-order valence-electron chi connectivity index (χ4n) is 1.20. The Morgan fingerprint density at radius 2 is 2.00 bits per heavy atom. The molecule has 1 aromatic rings. The fraction of sp³-hybridized carbons (Fsp3) is 0.800. The van der Waals surface area contributed by atoms with Gasteiger partial charge in [0.2, 0.25) is 0 Å². The van der Waals surface area contributed by atoms with Gasteiger partial charge in [0.05, 0.1) is 0 Å². The molecule has 4 nitrogen and oxygen atoms in total. The third kappa shape index (κ3) is 2.54. The summed E-state index contributed by atoms with van der Waals surface area (Å²) in [6.45, 7) is 8.30. The monoisotopic (exact) mass is 196 g/mol. The Morgan fingerprint density at radius 1 is 1.43 bits per heavy atom. The van der Waals surface area contributed by atoms with Crippen molar-refractivity contribution >= 4 is 0 Å². The third-order valence-electron chi connectivity index (χ3n) is 2.03. The van der Waals surface area contributed by atoms with Crippen LogP contribution in [0.1, 0.15) is 39.3 Å². The molecule has 0 radical (unpaired) electrons. The lowest BCUT2D eigenvalue weighted by Gasteiger charge is -2.12. The molecular formula is C10H20N4. The van der Waals surface area contributed by atoms with Crippen LogP contribution in [0.25, 0.3) is 0 Å². The lowest BCUT2D eigenvalue weighted by Crippen LogP contribution is -2.20. The number of hydrogen-bond donors (Lipinski definition) is 1. The van der Waals surface area contributed by atoms with Crippen molar-refractivity contribution in [2.24, 2.45) is 12.8 Å². The van der Waals surface area contributed by atoms with Crippen molar-refractivity contribution in [3.05, 3.63) is 11.6 Å². The number of rotatable bonds is 2. The van der Waals surface area contributed by atoms with E-state index < -0.39 is 0 Å². The predicted octanol–water partition coefficient (Wildman–Crippen LogP) is 1.00. The lowest BCUT2D eigenvalue weighted by atomic mass is 9.96. The Bertz CT molecular complexity index is 306. The molecule has 1 heterocycles. The van der Waals surface area contributed by atoms with Crippen molar-refractivity contribution in [1.82, 2.24) is 14.8 Å². The molecule has 80 valence electrons. The van der Waals surface area contributed by atoms with E-state index in [0.717, 1.165) is 18.1 Å². The fourth-order valence-corrected chi connectivity index (χ4v) is 1.20. The predicted molar refractivity (Wildman–Crippen MR) is 57.1 cm³/mol. The van der Waals surface area contributed by atoms with Crippen molar-refractivity contribution in [2.75, 3.05) is 0 Å². The zero-order valence-corrected chi connectivity index (χ0v) is 9.70. The Labute approximate surface area is 85.5 Å². The van der Waals surface area contributed by atoms with E-state index in [9.17, 15) is 0 Å². The second kappa shape index (κ2) is 3.69. The first-order valence-corrected chi connectivity index (χ1v) is 4.96. The molecule has 0 aromatic carbocycles. The maximum Gasteiger partial charge on any atom is 0.156 e. The summed E-state index contributed by atoms with van der Waals surface area (Å²) >= 11 is 0. The van der Waals surface area contributed by atoms with Crippen molar-refractivity contribution in [1.29, 1.82) is 0 Å². The molecule has 0 aliphatic heterocycles. The molecule has 0 saturated heterocycles. The van der Waals surface area contributed by atoms with Crippen LogP contribution in [0, 0.1) is 0 Å². The number of aromatic nitrogens is 3. The van der Waals surface area contributed by atoms with Gasteiger partial charge in [-0.3, -0.25) is 4.68 Å². The zero-order chi connectivity index (χ0) is 10.9. The van der Waals surface area contributed by atoms with Gasteiger partial charge in [-0.2, -0.15) is 5.10 Å². The van der Waals surface area contributed by atoms with E-state index in [1.165, 1.54) is 0 Å². The smallest absolute Gasteiger partial charge is 0.156 e. The van der Waals surface area contributed by atoms with E-state index in [4.69, 9.17) is 5.73 Å². The summed E-state index contributed by atoms with van der Waals surface area (Å²) in [6.07, 6.45) is 0.777. The van der Waals surface area contributed by atoms with E-state index in [0.29, 0.717) is 0 Å². The first kappa shape index (κ1) is 11.2. The summed E-state index contributed by atoms with van der Waals surface area (Å²) in [5.74, 6) is 1.85. The largest absolute Gasteiger partial charge is 0.328 e. The van der Waals surface area contributed by atoms with Crippen molar-refractivity contribution in [3.8, 4) is 0 Å². The molecule has 1 aromatic heterocycles. The molecule has 0 spiro atoms. The van der Waals surface area contributed by atoms with Crippen LogP contribution in [0.5, 0.6) is 0 Å². The molecular weight excluding hydrogens is 176 g/mol. The Hall–Kier alpha value is -0.900. The van der Waals surface area contributed by atoms with Gasteiger partial charge < -0.3 is 5.73 Å². The van der Waals surface area contributed by atoms with E-state index in [2.05, 4.69) is 30.9 Å². The first-order valence-electron chi connectivity index (χ1n) is 4.96. The van der Waals surface area contributed by atoms with Gasteiger partial charge in [0, 0.05) is 24.9 Å². The molecule has 0 aliphatic rings. The minimum absolute atomic E-state index is 0.00778. The van der Waals surface area contributed by atoms with Crippen LogP contribution >= 0.6 is 0 Å². The highest BCUT2D eigenvalue weighted by atomic mass is 15.3. The zero-order valence-electron chi connectivity index (χ0n) is 9.70. The first-order chi connectivity index (χ1) is 6.30. The van der Waals surface area contributed by atoms with Gasteiger partial charge in [-0.15, -0.1) is 0 Å². The van der Waals surface area contributed by atoms with Gasteiger partial charge >= 0.3 is 0 Å². The number of nitrogens with two attached hydrogens (primary N) is 1. The van der Waals surface area contributed by atoms with Crippen molar-refractivity contribution < 1.29 is 0 Å². The van der Waals surface area contributed by atoms with Crippen LogP contribution in [-0.2, 0) is 18.9 Å². The molecule has 0 saturated carbocycles. The molecule has 4 heteroatoms. The molecule has 0 fully saturated rings. The number of aryl methyl sites for hydroxylation is 1. The van der Waals surface area contributed by atoms with E-state index >= 15 is 0 Å². The summed E-state index contributed by atoms with van der Waals surface area (Å²) in [5.41, 5.74) is 5.74. The van der Waals surface area contributed by atoms with Gasteiger partial charge in [-0.25, -0.2) is 4.98 Å². The summed E-state index contributed by atoms with van der Waals surface area (Å²) in [4.78, 5) is 4.49. The summed E-state index contributed by atoms with van der Waals surface area (Å²) < 4.78 is 1.82. The van der Waals surface area contributed by atoms with Crippen LogP contribution < -0.4 is 5.73 Å². The highest BCUT2D eigenvalue weighted by Gasteiger charge is 2.20. The molecule has 0 bridgehead atoms. The number of hydrogen-bond acceptors (Lipinski definition) is 3. The molecule has 1 atom stereocenters. The maximum absolute atomic E-state index is 5.73. The quantitative estimate of drug-likeness (QED) is 0.767. The highest BCUT2D eigenvalue weighted by Crippen LogP contribution is 2.18. The maximum atomic E-state index is 5.73. The van der Waals surface area contributed by atoms with Crippen LogP contribution in [0.3, 0.4) is 0 Å². The van der Waals surface area contributed by atoms with E-state index in [1.807, 2.05) is 18.7 Å². The number of nitrogens with zero attached hydrogens (tertiary/aromatic N) is 3. The lowest BCUT2D eigenvalue weighted by molar-refractivity contribution is 0.538. The minimum Gasteiger partial charge on any atom is -0.328 e. The van der Waals surface area contributed by atoms with Crippen LogP contribution in [0.4, 0.5) is 0 Å². The molecule has 1 rings (SSSR count). The summed E-state index contributed by atoms with van der Waals surface area (Å²) in [5, 5.41) is 4.38. The Morgan fingerprint density at radius 3 is 2.36 bits per heavy atom. The van der Waals surface area contributed by atoms with Gasteiger partial charge in [-0.1, -0.05) is 20.8 Å². The highest BCUT2D eigenvalue weighted by molar-refractivity contribution is 5.03. The summed E-state index contributed by atoms with van der Waals surface area (Å²) in [6, 6.07) is 0.130. The van der Waals surface area contributed by atoms with Crippen molar-refractivity contribution in [3.63, 3.8) is 0 Å². The van der Waals surface area contributed by atoms with Gasteiger partial charge in [0.1, 0.15) is 5.82 Å². The summed E-state index contributed by atoms with van der Waals surface area (Å²) in [7, 11) is 1.92. The normalized spacial score (nSPS) is 14.4. The second-order valence-corrected chi connectivity index (χ2v) is 4.91. The van der Waals surface area contributed by atoms with E-state index in [1.54, 1.807) is 0 Å². The topological polar surface area (TPSA) is 56.7 Å². The van der Waals surface area contributed by atoms with Crippen molar-refractivity contribution in [2.45, 2.75) is 45.6 Å². The van der Waals surface area contributed by atoms with Gasteiger partial charge in [0.25, 0.3) is 0 Å². The van der Waals surface area contributed by atoms with Gasteiger partial charge in [-0.05, 0) is 6.92 Å². The van der Waals surface area contributed by atoms with Crippen LogP contribution in [-0.4, -0.2) is 20.8 Å². The molecule has 2 N–H and O–H groups in total. The van der Waals surface area contributed by atoms with Gasteiger partial charge in [0.15, 0.2) is 5.82 Å². The van der Waals surface area contributed by atoms with E-state index in [-0.39, 0.29) is 11.5 Å². The Balaban J connectivity index is 2.94.